The molecule has 7 heteroatoms. The SMILES string of the molecule is CC(C)(C)c1ccc(=O)n(CC2CCCN2Cc2cnon2)n1. The predicted molar refractivity (Wildman–Crippen MR) is 84.9 cm³/mol. The van der Waals surface area contributed by atoms with Crippen molar-refractivity contribution in [1.82, 2.24) is 25.0 Å². The van der Waals surface area contributed by atoms with E-state index in [2.05, 4.69) is 45.7 Å². The maximum Gasteiger partial charge on any atom is 0.266 e. The molecule has 0 N–H and O–H groups in total. The van der Waals surface area contributed by atoms with Crippen LogP contribution in [0.2, 0.25) is 0 Å². The molecule has 1 saturated heterocycles. The monoisotopic (exact) mass is 317 g/mol. The maximum absolute atomic E-state index is 12.2. The van der Waals surface area contributed by atoms with Gasteiger partial charge in [-0.15, -0.1) is 0 Å². The van der Waals surface area contributed by atoms with Crippen LogP contribution < -0.4 is 5.56 Å². The molecule has 3 rings (SSSR count). The fourth-order valence-corrected chi connectivity index (χ4v) is 2.95. The lowest BCUT2D eigenvalue weighted by molar-refractivity contribution is 0.208. The smallest absolute Gasteiger partial charge is 0.266 e. The number of aromatic nitrogens is 4. The second kappa shape index (κ2) is 6.23. The van der Waals surface area contributed by atoms with Gasteiger partial charge in [-0.3, -0.25) is 9.69 Å². The van der Waals surface area contributed by atoms with E-state index in [0.717, 1.165) is 30.8 Å². The van der Waals surface area contributed by atoms with Crippen molar-refractivity contribution < 1.29 is 4.63 Å². The molecule has 0 aromatic carbocycles. The Labute approximate surface area is 135 Å². The third-order valence-corrected chi connectivity index (χ3v) is 4.29. The van der Waals surface area contributed by atoms with Crippen molar-refractivity contribution in [2.75, 3.05) is 6.54 Å². The van der Waals surface area contributed by atoms with Gasteiger partial charge in [-0.1, -0.05) is 31.1 Å². The van der Waals surface area contributed by atoms with Crippen molar-refractivity contribution in [2.45, 2.75) is 58.2 Å². The van der Waals surface area contributed by atoms with Gasteiger partial charge in [-0.25, -0.2) is 9.31 Å². The third-order valence-electron chi connectivity index (χ3n) is 4.29. The highest BCUT2D eigenvalue weighted by atomic mass is 16.6. The summed E-state index contributed by atoms with van der Waals surface area (Å²) in [6.07, 6.45) is 3.81. The molecule has 0 amide bonds. The van der Waals surface area contributed by atoms with E-state index in [9.17, 15) is 4.79 Å². The van der Waals surface area contributed by atoms with Crippen molar-refractivity contribution in [1.29, 1.82) is 0 Å². The Morgan fingerprint density at radius 1 is 1.35 bits per heavy atom. The first-order chi connectivity index (χ1) is 10.9. The van der Waals surface area contributed by atoms with Crippen LogP contribution in [-0.2, 0) is 18.5 Å². The van der Waals surface area contributed by atoms with E-state index in [1.54, 1.807) is 16.9 Å². The van der Waals surface area contributed by atoms with E-state index in [0.29, 0.717) is 13.1 Å². The van der Waals surface area contributed by atoms with Gasteiger partial charge in [-0.05, 0) is 25.5 Å². The van der Waals surface area contributed by atoms with E-state index in [-0.39, 0.29) is 17.0 Å². The normalized spacial score (nSPS) is 19.3. The fourth-order valence-electron chi connectivity index (χ4n) is 2.95. The van der Waals surface area contributed by atoms with Gasteiger partial charge in [0.25, 0.3) is 5.56 Å². The first-order valence-electron chi connectivity index (χ1n) is 8.02. The zero-order chi connectivity index (χ0) is 16.4. The molecule has 1 atom stereocenters. The molecular formula is C16H23N5O2. The molecule has 23 heavy (non-hydrogen) atoms. The summed E-state index contributed by atoms with van der Waals surface area (Å²) in [5.74, 6) is 0. The average molecular weight is 317 g/mol. The number of likely N-dealkylation sites (tertiary alicyclic amines) is 1. The first kappa shape index (κ1) is 15.9. The van der Waals surface area contributed by atoms with Crippen molar-refractivity contribution in [3.63, 3.8) is 0 Å². The molecule has 7 nitrogen and oxygen atoms in total. The minimum Gasteiger partial charge on any atom is -0.293 e. The van der Waals surface area contributed by atoms with Crippen molar-refractivity contribution >= 4 is 0 Å². The van der Waals surface area contributed by atoms with Crippen LogP contribution in [-0.4, -0.2) is 37.6 Å². The second-order valence-corrected chi connectivity index (χ2v) is 7.15. The van der Waals surface area contributed by atoms with E-state index in [1.807, 2.05) is 6.07 Å². The van der Waals surface area contributed by atoms with Crippen LogP contribution in [0, 0.1) is 0 Å². The highest BCUT2D eigenvalue weighted by Crippen LogP contribution is 2.21. The van der Waals surface area contributed by atoms with Crippen LogP contribution in [0.4, 0.5) is 0 Å². The van der Waals surface area contributed by atoms with E-state index in [4.69, 9.17) is 0 Å². The summed E-state index contributed by atoms with van der Waals surface area (Å²) in [5.41, 5.74) is 1.63. The summed E-state index contributed by atoms with van der Waals surface area (Å²) in [5, 5.41) is 12.1. The molecule has 2 aromatic rings. The average Bonchev–Trinajstić information content (AvgIpc) is 3.13. The Kier molecular flexibility index (Phi) is 4.30. The fraction of sp³-hybridized carbons (Fsp3) is 0.625. The van der Waals surface area contributed by atoms with Gasteiger partial charge >= 0.3 is 0 Å². The molecule has 2 aromatic heterocycles. The van der Waals surface area contributed by atoms with Gasteiger partial charge in [0.2, 0.25) is 0 Å². The zero-order valence-corrected chi connectivity index (χ0v) is 13.9. The summed E-state index contributed by atoms with van der Waals surface area (Å²) in [6, 6.07) is 3.73. The number of hydrogen-bond donors (Lipinski definition) is 0. The summed E-state index contributed by atoms with van der Waals surface area (Å²) in [4.78, 5) is 14.5. The minimum atomic E-state index is -0.0722. The lowest BCUT2D eigenvalue weighted by Crippen LogP contribution is -2.37. The van der Waals surface area contributed by atoms with Crippen LogP contribution in [0.25, 0.3) is 0 Å². The number of hydrogen-bond acceptors (Lipinski definition) is 6. The summed E-state index contributed by atoms with van der Waals surface area (Å²) < 4.78 is 6.26. The van der Waals surface area contributed by atoms with Crippen LogP contribution in [0.5, 0.6) is 0 Å². The van der Waals surface area contributed by atoms with E-state index in [1.165, 1.54) is 0 Å². The molecule has 124 valence electrons. The maximum atomic E-state index is 12.2. The highest BCUT2D eigenvalue weighted by Gasteiger charge is 2.27. The molecule has 0 bridgehead atoms. The first-order valence-corrected chi connectivity index (χ1v) is 8.02. The summed E-state index contributed by atoms with van der Waals surface area (Å²) >= 11 is 0. The lowest BCUT2D eigenvalue weighted by atomic mass is 9.92. The minimum absolute atomic E-state index is 0.0482. The van der Waals surface area contributed by atoms with Crippen molar-refractivity contribution in [3.05, 3.63) is 40.1 Å². The van der Waals surface area contributed by atoms with Gasteiger partial charge < -0.3 is 0 Å². The van der Waals surface area contributed by atoms with Gasteiger partial charge in [0.1, 0.15) is 5.69 Å². The Balaban J connectivity index is 1.76. The van der Waals surface area contributed by atoms with Crippen molar-refractivity contribution in [2.24, 2.45) is 0 Å². The second-order valence-electron chi connectivity index (χ2n) is 7.15. The molecule has 1 aliphatic heterocycles. The van der Waals surface area contributed by atoms with Gasteiger partial charge in [-0.2, -0.15) is 5.10 Å². The summed E-state index contributed by atoms with van der Waals surface area (Å²) in [6.45, 7) is 8.60. The standard InChI is InChI=1S/C16H23N5O2/c1-16(2,3)14-6-7-15(22)21(18-14)11-13-5-4-8-20(13)10-12-9-17-23-19-12/h6-7,9,13H,4-5,8,10-11H2,1-3H3. The molecule has 0 spiro atoms. The Morgan fingerprint density at radius 3 is 2.87 bits per heavy atom. The quantitative estimate of drug-likeness (QED) is 0.852. The van der Waals surface area contributed by atoms with Gasteiger partial charge in [0.15, 0.2) is 0 Å². The van der Waals surface area contributed by atoms with Crippen LogP contribution in [0.15, 0.2) is 27.8 Å². The molecule has 0 saturated carbocycles. The Bertz CT molecular complexity index is 702. The molecule has 1 fully saturated rings. The molecule has 3 heterocycles. The van der Waals surface area contributed by atoms with E-state index < -0.39 is 0 Å². The van der Waals surface area contributed by atoms with Crippen LogP contribution >= 0.6 is 0 Å². The molecule has 0 aliphatic carbocycles. The highest BCUT2D eigenvalue weighted by molar-refractivity contribution is 5.10. The van der Waals surface area contributed by atoms with Crippen molar-refractivity contribution in [3.8, 4) is 0 Å². The molecule has 1 aliphatic rings. The number of nitrogens with zero attached hydrogens (tertiary/aromatic N) is 5. The molecular weight excluding hydrogens is 294 g/mol. The molecule has 0 radical (unpaired) electrons. The zero-order valence-electron chi connectivity index (χ0n) is 13.9. The lowest BCUT2D eigenvalue weighted by Gasteiger charge is -2.24. The Morgan fingerprint density at radius 2 is 2.17 bits per heavy atom. The predicted octanol–water partition coefficient (Wildman–Crippen LogP) is 1.59. The van der Waals surface area contributed by atoms with Gasteiger partial charge in [0, 0.05) is 24.1 Å². The third kappa shape index (κ3) is 3.67. The largest absolute Gasteiger partial charge is 0.293 e. The van der Waals surface area contributed by atoms with Gasteiger partial charge in [0.05, 0.1) is 18.4 Å². The number of rotatable bonds is 4. The Hall–Kier alpha value is -2.02. The summed E-state index contributed by atoms with van der Waals surface area (Å²) in [7, 11) is 0. The topological polar surface area (TPSA) is 77.0 Å². The molecule has 1 unspecified atom stereocenters. The van der Waals surface area contributed by atoms with Crippen LogP contribution in [0.1, 0.15) is 45.0 Å². The van der Waals surface area contributed by atoms with E-state index >= 15 is 0 Å². The van der Waals surface area contributed by atoms with Crippen LogP contribution in [0.3, 0.4) is 0 Å².